The number of carbonyl (C=O) groups is 1. The lowest BCUT2D eigenvalue weighted by molar-refractivity contribution is 0.0602. The van der Waals surface area contributed by atoms with Gasteiger partial charge in [0.25, 0.3) is 5.91 Å². The first-order valence-corrected chi connectivity index (χ1v) is 8.06. The fourth-order valence-electron chi connectivity index (χ4n) is 3.57. The van der Waals surface area contributed by atoms with Crippen LogP contribution < -0.4 is 5.32 Å². The maximum Gasteiger partial charge on any atom is 0.255 e. The van der Waals surface area contributed by atoms with Crippen LogP contribution in [0.4, 0.5) is 0 Å². The van der Waals surface area contributed by atoms with Crippen LogP contribution in [0.2, 0.25) is 5.02 Å². The van der Waals surface area contributed by atoms with E-state index < -0.39 is 0 Å². The highest BCUT2D eigenvalue weighted by Gasteiger charge is 2.51. The van der Waals surface area contributed by atoms with Crippen LogP contribution in [-0.2, 0) is 0 Å². The molecule has 3 rings (SSSR count). The molecule has 0 bridgehead atoms. The summed E-state index contributed by atoms with van der Waals surface area (Å²) in [5.41, 5.74) is 0.533. The van der Waals surface area contributed by atoms with E-state index >= 15 is 0 Å². The number of hydrogen-bond acceptors (Lipinski definition) is 2. The van der Waals surface area contributed by atoms with Crippen LogP contribution in [0.25, 0.3) is 0 Å². The Morgan fingerprint density at radius 1 is 1.45 bits per heavy atom. The lowest BCUT2D eigenvalue weighted by Crippen LogP contribution is -2.47. The average molecular weight is 358 g/mol. The van der Waals surface area contributed by atoms with Crippen LogP contribution in [0.1, 0.15) is 24.2 Å². The Bertz CT molecular complexity index is 561. The zero-order chi connectivity index (χ0) is 14.5. The summed E-state index contributed by atoms with van der Waals surface area (Å²) < 4.78 is 0.804. The second-order valence-corrected chi connectivity index (χ2v) is 7.51. The topological polar surface area (TPSA) is 32.3 Å². The fourth-order valence-corrected chi connectivity index (χ4v) is 4.16. The van der Waals surface area contributed by atoms with E-state index in [4.69, 9.17) is 11.6 Å². The summed E-state index contributed by atoms with van der Waals surface area (Å²) >= 11 is 9.49. The van der Waals surface area contributed by atoms with Gasteiger partial charge in [-0.05, 0) is 59.8 Å². The van der Waals surface area contributed by atoms with Crippen molar-refractivity contribution < 1.29 is 4.79 Å². The summed E-state index contributed by atoms with van der Waals surface area (Å²) in [5, 5.41) is 4.02. The van der Waals surface area contributed by atoms with Gasteiger partial charge in [-0.1, -0.05) is 11.6 Å². The van der Waals surface area contributed by atoms with Gasteiger partial charge in [0.1, 0.15) is 0 Å². The number of fused-ring (bicyclic) bond motifs is 1. The predicted molar refractivity (Wildman–Crippen MR) is 84.1 cm³/mol. The van der Waals surface area contributed by atoms with E-state index in [-0.39, 0.29) is 11.4 Å². The molecule has 2 heterocycles. The van der Waals surface area contributed by atoms with Gasteiger partial charge in [-0.25, -0.2) is 0 Å². The number of carbonyl (C=O) groups excluding carboxylic acids is 1. The van der Waals surface area contributed by atoms with Gasteiger partial charge >= 0.3 is 0 Å². The van der Waals surface area contributed by atoms with Gasteiger partial charge < -0.3 is 10.2 Å². The molecule has 5 heteroatoms. The molecular weight excluding hydrogens is 340 g/mol. The third-order valence-corrected chi connectivity index (χ3v) is 5.69. The molecule has 0 aromatic heterocycles. The van der Waals surface area contributed by atoms with Gasteiger partial charge in [-0.3, -0.25) is 4.79 Å². The molecule has 2 atom stereocenters. The second-order valence-electron chi connectivity index (χ2n) is 6.22. The van der Waals surface area contributed by atoms with E-state index in [9.17, 15) is 4.79 Å². The number of hydrogen-bond donors (Lipinski definition) is 1. The maximum absolute atomic E-state index is 12.9. The van der Waals surface area contributed by atoms with E-state index in [0.29, 0.717) is 22.4 Å². The molecule has 0 spiro atoms. The number of amides is 1. The van der Waals surface area contributed by atoms with Crippen molar-refractivity contribution in [2.24, 2.45) is 11.8 Å². The Balaban J connectivity index is 1.93. The van der Waals surface area contributed by atoms with Gasteiger partial charge in [0.05, 0.1) is 5.56 Å². The minimum atomic E-state index is -0.118. The molecule has 20 heavy (non-hydrogen) atoms. The van der Waals surface area contributed by atoms with E-state index in [1.165, 1.54) is 0 Å². The lowest BCUT2D eigenvalue weighted by Gasteiger charge is -2.36. The van der Waals surface area contributed by atoms with Crippen molar-refractivity contribution in [3.05, 3.63) is 33.3 Å². The van der Waals surface area contributed by atoms with Gasteiger partial charge in [-0.15, -0.1) is 0 Å². The van der Waals surface area contributed by atoms with Crippen LogP contribution >= 0.6 is 27.5 Å². The fraction of sp³-hybridized carbons (Fsp3) is 0.533. The largest absolute Gasteiger partial charge is 0.333 e. The van der Waals surface area contributed by atoms with Crippen LogP contribution in [0, 0.1) is 11.8 Å². The van der Waals surface area contributed by atoms with Crippen LogP contribution in [0.3, 0.4) is 0 Å². The Morgan fingerprint density at radius 2 is 2.20 bits per heavy atom. The van der Waals surface area contributed by atoms with Crippen molar-refractivity contribution >= 4 is 33.4 Å². The monoisotopic (exact) mass is 356 g/mol. The summed E-state index contributed by atoms with van der Waals surface area (Å²) in [5.74, 6) is 1.16. The molecule has 108 valence electrons. The first-order chi connectivity index (χ1) is 9.41. The third-order valence-electron chi connectivity index (χ3n) is 4.76. The van der Waals surface area contributed by atoms with Gasteiger partial charge in [0, 0.05) is 34.7 Å². The van der Waals surface area contributed by atoms with E-state index in [2.05, 4.69) is 35.1 Å². The van der Waals surface area contributed by atoms with Gasteiger partial charge in [0.2, 0.25) is 0 Å². The smallest absolute Gasteiger partial charge is 0.255 e. The molecule has 0 aliphatic carbocycles. The van der Waals surface area contributed by atoms with Gasteiger partial charge in [0.15, 0.2) is 0 Å². The van der Waals surface area contributed by atoms with E-state index in [1.807, 2.05) is 11.0 Å². The Labute approximate surface area is 132 Å². The normalized spacial score (nSPS) is 27.7. The van der Waals surface area contributed by atoms with Crippen molar-refractivity contribution in [1.29, 1.82) is 0 Å². The molecule has 2 aliphatic rings. The molecule has 0 saturated carbocycles. The maximum atomic E-state index is 12.9. The number of nitrogens with zero attached hydrogens (tertiary/aromatic N) is 1. The minimum absolute atomic E-state index is 0.0683. The zero-order valence-corrected chi connectivity index (χ0v) is 14.0. The predicted octanol–water partition coefficient (Wildman–Crippen LogP) is 3.17. The zero-order valence-electron chi connectivity index (χ0n) is 11.6. The Kier molecular flexibility index (Phi) is 3.59. The summed E-state index contributed by atoms with van der Waals surface area (Å²) in [6.45, 7) is 7.16. The quantitative estimate of drug-likeness (QED) is 0.837. The number of nitrogens with one attached hydrogen (secondary N) is 1. The molecule has 1 aromatic carbocycles. The molecule has 1 amide bonds. The molecule has 2 unspecified atom stereocenters. The number of benzene rings is 1. The number of likely N-dealkylation sites (tertiary alicyclic amines) is 1. The van der Waals surface area contributed by atoms with Crippen molar-refractivity contribution in [2.45, 2.75) is 19.4 Å². The first-order valence-electron chi connectivity index (χ1n) is 6.89. The van der Waals surface area contributed by atoms with Crippen LogP contribution in [0.15, 0.2) is 22.7 Å². The molecule has 1 N–H and O–H groups in total. The van der Waals surface area contributed by atoms with E-state index in [1.54, 1.807) is 12.1 Å². The van der Waals surface area contributed by atoms with Crippen molar-refractivity contribution in [3.8, 4) is 0 Å². The van der Waals surface area contributed by atoms with Crippen molar-refractivity contribution in [2.75, 3.05) is 19.6 Å². The number of rotatable bonds is 1. The molecule has 0 radical (unpaired) electrons. The van der Waals surface area contributed by atoms with E-state index in [0.717, 1.165) is 24.1 Å². The summed E-state index contributed by atoms with van der Waals surface area (Å²) in [4.78, 5) is 14.9. The highest BCUT2D eigenvalue weighted by Crippen LogP contribution is 2.41. The second kappa shape index (κ2) is 5.00. The number of halogens is 2. The molecular formula is C15H18BrClN2O. The Hall–Kier alpha value is -0.580. The third kappa shape index (κ3) is 2.18. The van der Waals surface area contributed by atoms with Crippen molar-refractivity contribution in [3.63, 3.8) is 0 Å². The molecule has 2 fully saturated rings. The minimum Gasteiger partial charge on any atom is -0.333 e. The van der Waals surface area contributed by atoms with Crippen LogP contribution in [-0.4, -0.2) is 36.0 Å². The molecule has 2 aliphatic heterocycles. The summed E-state index contributed by atoms with van der Waals surface area (Å²) in [6, 6.07) is 5.37. The first kappa shape index (κ1) is 14.4. The Morgan fingerprint density at radius 3 is 2.90 bits per heavy atom. The SMILES string of the molecule is CC1(C)C2CNCC2CN1C(=O)c1cc(Cl)ccc1Br. The average Bonchev–Trinajstić information content (AvgIpc) is 2.94. The molecule has 2 saturated heterocycles. The standard InChI is InChI=1S/C15H18BrClN2O/c1-15(2)12-7-18-6-9(12)8-19(15)14(20)11-5-10(17)3-4-13(11)16/h3-5,9,12,18H,6-8H2,1-2H3. The highest BCUT2D eigenvalue weighted by molar-refractivity contribution is 9.10. The summed E-state index contributed by atoms with van der Waals surface area (Å²) in [7, 11) is 0. The lowest BCUT2D eigenvalue weighted by atomic mass is 9.84. The van der Waals surface area contributed by atoms with Gasteiger partial charge in [-0.2, -0.15) is 0 Å². The highest BCUT2D eigenvalue weighted by atomic mass is 79.9. The van der Waals surface area contributed by atoms with Crippen LogP contribution in [0.5, 0.6) is 0 Å². The summed E-state index contributed by atoms with van der Waals surface area (Å²) in [6.07, 6.45) is 0. The molecule has 1 aromatic rings. The molecule has 3 nitrogen and oxygen atoms in total. The van der Waals surface area contributed by atoms with Crippen molar-refractivity contribution in [1.82, 2.24) is 10.2 Å².